The molecule has 7 nitrogen and oxygen atoms in total. The molecule has 2 saturated carbocycles. The third-order valence-electron chi connectivity index (χ3n) is 8.01. The molecule has 2 fully saturated rings. The van der Waals surface area contributed by atoms with Crippen LogP contribution in [0.4, 0.5) is 0 Å². The number of nitrogens with two attached hydrogens (primary N) is 1. The number of amides is 2. The highest BCUT2D eigenvalue weighted by Crippen LogP contribution is 2.28. The summed E-state index contributed by atoms with van der Waals surface area (Å²) in [6, 6.07) is 14.6. The number of hydrogen-bond donors (Lipinski definition) is 3. The molecule has 210 valence electrons. The Morgan fingerprint density at radius 1 is 0.795 bits per heavy atom. The molecule has 2 aliphatic rings. The van der Waals surface area contributed by atoms with E-state index in [2.05, 4.69) is 10.6 Å². The molecule has 0 bridgehead atoms. The van der Waals surface area contributed by atoms with E-state index in [-0.39, 0.29) is 42.5 Å². The Balaban J connectivity index is 0.00000420. The number of halogens is 1. The lowest BCUT2D eigenvalue weighted by atomic mass is 9.81. The number of carbonyl (C=O) groups excluding carboxylic acids is 4. The monoisotopic (exact) mass is 553 g/mol. The third-order valence-corrected chi connectivity index (χ3v) is 8.01. The zero-order chi connectivity index (χ0) is 26.9. The van der Waals surface area contributed by atoms with E-state index in [9.17, 15) is 19.2 Å². The average molecular weight is 554 g/mol. The quantitative estimate of drug-likeness (QED) is 0.297. The van der Waals surface area contributed by atoms with Crippen molar-refractivity contribution in [2.45, 2.75) is 76.3 Å². The van der Waals surface area contributed by atoms with Crippen molar-refractivity contribution in [2.75, 3.05) is 6.54 Å². The van der Waals surface area contributed by atoms with E-state index in [4.69, 9.17) is 5.73 Å². The van der Waals surface area contributed by atoms with Crippen molar-refractivity contribution in [1.82, 2.24) is 10.6 Å². The molecule has 4 rings (SSSR count). The zero-order valence-corrected chi connectivity index (χ0v) is 23.2. The highest BCUT2D eigenvalue weighted by Gasteiger charge is 2.34. The fourth-order valence-electron chi connectivity index (χ4n) is 5.57. The number of benzene rings is 2. The lowest BCUT2D eigenvalue weighted by Gasteiger charge is -2.29. The summed E-state index contributed by atoms with van der Waals surface area (Å²) in [5.74, 6) is -0.938. The lowest BCUT2D eigenvalue weighted by Crippen LogP contribution is -2.55. The zero-order valence-electron chi connectivity index (χ0n) is 22.4. The molecule has 2 aliphatic carbocycles. The summed E-state index contributed by atoms with van der Waals surface area (Å²) in [5.41, 5.74) is 7.53. The van der Waals surface area contributed by atoms with Crippen LogP contribution in [0.1, 0.15) is 84.1 Å². The van der Waals surface area contributed by atoms with Gasteiger partial charge in [-0.25, -0.2) is 0 Å². The molecule has 39 heavy (non-hydrogen) atoms. The molecule has 0 saturated heterocycles. The molecule has 0 aliphatic heterocycles. The highest BCUT2D eigenvalue weighted by molar-refractivity contribution is 6.15. The van der Waals surface area contributed by atoms with E-state index in [0.29, 0.717) is 36.4 Å². The molecule has 0 radical (unpaired) electrons. The Hall–Kier alpha value is -3.03. The fourth-order valence-corrected chi connectivity index (χ4v) is 5.57. The summed E-state index contributed by atoms with van der Waals surface area (Å²) < 4.78 is 0. The van der Waals surface area contributed by atoms with Crippen LogP contribution in [0.15, 0.2) is 54.6 Å². The second-order valence-corrected chi connectivity index (χ2v) is 10.8. The first-order valence-electron chi connectivity index (χ1n) is 14.0. The van der Waals surface area contributed by atoms with Gasteiger partial charge in [0.2, 0.25) is 5.91 Å². The van der Waals surface area contributed by atoms with Crippen LogP contribution in [0.5, 0.6) is 0 Å². The summed E-state index contributed by atoms with van der Waals surface area (Å²) in [4.78, 5) is 52.5. The van der Waals surface area contributed by atoms with E-state index in [1.807, 2.05) is 18.2 Å². The van der Waals surface area contributed by atoms with Gasteiger partial charge in [-0.15, -0.1) is 12.4 Å². The molecule has 2 aromatic carbocycles. The van der Waals surface area contributed by atoms with E-state index in [1.165, 1.54) is 0 Å². The van der Waals surface area contributed by atoms with Gasteiger partial charge in [0, 0.05) is 29.5 Å². The van der Waals surface area contributed by atoms with Gasteiger partial charge in [-0.2, -0.15) is 0 Å². The molecule has 2 amide bonds. The number of ketones is 2. The molecule has 0 heterocycles. The Kier molecular flexibility index (Phi) is 11.7. The van der Waals surface area contributed by atoms with E-state index in [1.54, 1.807) is 36.4 Å². The maximum Gasteiger partial charge on any atom is 0.250 e. The van der Waals surface area contributed by atoms with Crippen LogP contribution in [0.2, 0.25) is 0 Å². The number of Topliss-reactive ketones (excluding diaryl/α,β-unsaturated/α-hetero) is 2. The topological polar surface area (TPSA) is 118 Å². The molecule has 2 aromatic rings. The summed E-state index contributed by atoms with van der Waals surface area (Å²) in [5, 5.41) is 5.80. The molecule has 4 N–H and O–H groups in total. The van der Waals surface area contributed by atoms with Crippen LogP contribution in [-0.4, -0.2) is 42.0 Å². The van der Waals surface area contributed by atoms with Gasteiger partial charge in [-0.1, -0.05) is 73.9 Å². The Morgan fingerprint density at radius 3 is 2.05 bits per heavy atom. The molecule has 0 spiro atoms. The number of hydrogen-bond acceptors (Lipinski definition) is 5. The molecular weight excluding hydrogens is 514 g/mol. The highest BCUT2D eigenvalue weighted by atomic mass is 35.5. The standard InChI is InChI=1S/C31H39N3O4.ClH/c32-20-22-13-17-25(18-14-22)30(37)34-28(31(38)33-26-9-5-2-6-10-26)29(36)24-15-11-21(12-16-24)19-27(35)23-7-3-1-4-8-23;/h1,3-4,7-8,11-12,15-16,22,25-26,28H,2,5-6,9-10,13-14,17-20,32H2,(H,33,38)(H,34,37);1H/t22?,25?,28-;/m0./s1. The van der Waals surface area contributed by atoms with E-state index >= 15 is 0 Å². The molecule has 0 aromatic heterocycles. The van der Waals surface area contributed by atoms with Gasteiger partial charge in [0.25, 0.3) is 5.91 Å². The second kappa shape index (κ2) is 14.9. The van der Waals surface area contributed by atoms with Crippen molar-refractivity contribution in [2.24, 2.45) is 17.6 Å². The minimum absolute atomic E-state index is 0. The van der Waals surface area contributed by atoms with Crippen LogP contribution in [0.3, 0.4) is 0 Å². The maximum absolute atomic E-state index is 13.5. The summed E-state index contributed by atoms with van der Waals surface area (Å²) >= 11 is 0. The smallest absolute Gasteiger partial charge is 0.250 e. The van der Waals surface area contributed by atoms with Crippen LogP contribution in [-0.2, 0) is 16.0 Å². The first-order chi connectivity index (χ1) is 18.4. The second-order valence-electron chi connectivity index (χ2n) is 10.8. The SMILES string of the molecule is Cl.NCC1CCC(C(=O)N[C@H](C(=O)NC2CCCCC2)C(=O)c2ccc(CC(=O)c3ccccc3)cc2)CC1. The van der Waals surface area contributed by atoms with Crippen LogP contribution < -0.4 is 16.4 Å². The van der Waals surface area contributed by atoms with Crippen molar-refractivity contribution in [1.29, 1.82) is 0 Å². The van der Waals surface area contributed by atoms with Crippen molar-refractivity contribution in [3.63, 3.8) is 0 Å². The van der Waals surface area contributed by atoms with E-state index < -0.39 is 17.7 Å². The van der Waals surface area contributed by atoms with Crippen molar-refractivity contribution < 1.29 is 19.2 Å². The summed E-state index contributed by atoms with van der Waals surface area (Å²) in [6.45, 7) is 0.617. The van der Waals surface area contributed by atoms with Crippen LogP contribution in [0.25, 0.3) is 0 Å². The largest absolute Gasteiger partial charge is 0.351 e. The molecule has 8 heteroatoms. The normalized spacial score (nSPS) is 20.2. The predicted octanol–water partition coefficient (Wildman–Crippen LogP) is 4.42. The van der Waals surface area contributed by atoms with Crippen molar-refractivity contribution >= 4 is 35.8 Å². The first-order valence-corrected chi connectivity index (χ1v) is 14.0. The van der Waals surface area contributed by atoms with Gasteiger partial charge in [0.1, 0.15) is 0 Å². The van der Waals surface area contributed by atoms with Gasteiger partial charge >= 0.3 is 0 Å². The predicted molar refractivity (Wildman–Crippen MR) is 154 cm³/mol. The number of rotatable bonds is 10. The Morgan fingerprint density at radius 2 is 1.44 bits per heavy atom. The van der Waals surface area contributed by atoms with E-state index in [0.717, 1.165) is 50.5 Å². The van der Waals surface area contributed by atoms with Gasteiger partial charge in [0.15, 0.2) is 17.6 Å². The van der Waals surface area contributed by atoms with Gasteiger partial charge in [-0.3, -0.25) is 19.2 Å². The summed E-state index contributed by atoms with van der Waals surface area (Å²) in [6.07, 6.45) is 8.40. The van der Waals surface area contributed by atoms with Gasteiger partial charge in [-0.05, 0) is 56.6 Å². The van der Waals surface area contributed by atoms with Gasteiger partial charge in [0.05, 0.1) is 0 Å². The van der Waals surface area contributed by atoms with Crippen LogP contribution in [0, 0.1) is 11.8 Å². The molecule has 0 unspecified atom stereocenters. The molecular formula is C31H40ClN3O4. The minimum Gasteiger partial charge on any atom is -0.351 e. The lowest BCUT2D eigenvalue weighted by molar-refractivity contribution is -0.131. The maximum atomic E-state index is 13.5. The first kappa shape index (κ1) is 30.5. The number of nitrogens with one attached hydrogen (secondary N) is 2. The Labute approximate surface area is 237 Å². The Bertz CT molecular complexity index is 1110. The number of carbonyl (C=O) groups is 4. The summed E-state index contributed by atoms with van der Waals surface area (Å²) in [7, 11) is 0. The van der Waals surface area contributed by atoms with Gasteiger partial charge < -0.3 is 16.4 Å². The average Bonchev–Trinajstić information content (AvgIpc) is 2.96. The minimum atomic E-state index is -1.28. The van der Waals surface area contributed by atoms with Crippen molar-refractivity contribution in [3.8, 4) is 0 Å². The third kappa shape index (κ3) is 8.48. The van der Waals surface area contributed by atoms with Crippen LogP contribution >= 0.6 is 12.4 Å². The van der Waals surface area contributed by atoms with Crippen molar-refractivity contribution in [3.05, 3.63) is 71.3 Å². The molecule has 1 atom stereocenters. The fraction of sp³-hybridized carbons (Fsp3) is 0.484.